The van der Waals surface area contributed by atoms with Gasteiger partial charge in [0.15, 0.2) is 0 Å². The Kier molecular flexibility index (Phi) is 3.76. The van der Waals surface area contributed by atoms with Crippen LogP contribution in [0, 0.1) is 17.0 Å². The molecule has 104 valence electrons. The van der Waals surface area contributed by atoms with Crippen molar-refractivity contribution in [1.29, 1.82) is 0 Å². The Morgan fingerprint density at radius 2 is 1.65 bits per heavy atom. The molecular formula is C14H14N2O3S. The lowest BCUT2D eigenvalue weighted by Gasteiger charge is -2.12. The van der Waals surface area contributed by atoms with Crippen LogP contribution in [0.25, 0.3) is 0 Å². The molecule has 0 radical (unpaired) electrons. The lowest BCUT2D eigenvalue weighted by Crippen LogP contribution is -2.12. The van der Waals surface area contributed by atoms with Crippen LogP contribution >= 0.6 is 0 Å². The van der Waals surface area contributed by atoms with Gasteiger partial charge in [0, 0.05) is 22.7 Å². The Labute approximate surface area is 117 Å². The van der Waals surface area contributed by atoms with E-state index >= 15 is 0 Å². The number of non-ortho nitro benzene ring substituents is 1. The summed E-state index contributed by atoms with van der Waals surface area (Å²) in [4.78, 5) is 10.5. The van der Waals surface area contributed by atoms with Crippen LogP contribution in [0.2, 0.25) is 0 Å². The first-order valence-electron chi connectivity index (χ1n) is 5.85. The Morgan fingerprint density at radius 1 is 1.10 bits per heavy atom. The minimum atomic E-state index is -2.74. The fourth-order valence-corrected chi connectivity index (χ4v) is 2.87. The highest BCUT2D eigenvalue weighted by Gasteiger charge is 2.10. The molecule has 2 rings (SSSR count). The minimum absolute atomic E-state index is 0.0423. The number of nitrogens with one attached hydrogen (secondary N) is 1. The summed E-state index contributed by atoms with van der Waals surface area (Å²) in [7, 11) is -2.74. The number of hydrogen-bond donors (Lipinski definition) is 1. The van der Waals surface area contributed by atoms with Crippen molar-refractivity contribution < 1.29 is 9.13 Å². The van der Waals surface area contributed by atoms with Crippen LogP contribution in [0.1, 0.15) is 5.56 Å². The van der Waals surface area contributed by atoms with Crippen molar-refractivity contribution >= 4 is 27.0 Å². The van der Waals surface area contributed by atoms with Crippen LogP contribution in [-0.2, 0) is 9.71 Å². The summed E-state index contributed by atoms with van der Waals surface area (Å²) < 4.78 is 15.4. The normalized spacial score (nSPS) is 13.4. The van der Waals surface area contributed by atoms with Crippen molar-refractivity contribution in [2.24, 2.45) is 0 Å². The van der Waals surface area contributed by atoms with Gasteiger partial charge in [0.1, 0.15) is 0 Å². The molecule has 20 heavy (non-hydrogen) atoms. The second-order valence-corrected chi connectivity index (χ2v) is 6.42. The second-order valence-electron chi connectivity index (χ2n) is 4.39. The van der Waals surface area contributed by atoms with Gasteiger partial charge in [-0.05, 0) is 37.1 Å². The highest BCUT2D eigenvalue weighted by atomic mass is 32.2. The standard InChI is InChI=1S/C14H14N2O3S/c1-11-3-5-12(6-4-11)15-20(2,19)14-9-7-13(8-10-14)16(17)18/h3-10H,2H2,1H3,(H,15,19). The zero-order valence-corrected chi connectivity index (χ0v) is 11.7. The fourth-order valence-electron chi connectivity index (χ4n) is 1.66. The average Bonchev–Trinajstić information content (AvgIpc) is 2.41. The van der Waals surface area contributed by atoms with Gasteiger partial charge in [-0.2, -0.15) is 0 Å². The minimum Gasteiger partial charge on any atom is -0.309 e. The molecule has 0 aliphatic carbocycles. The number of nitro groups is 1. The summed E-state index contributed by atoms with van der Waals surface area (Å²) >= 11 is 0. The molecule has 1 N–H and O–H groups in total. The smallest absolute Gasteiger partial charge is 0.269 e. The fraction of sp³-hybridized carbons (Fsp3) is 0.0714. The summed E-state index contributed by atoms with van der Waals surface area (Å²) in [6.07, 6.45) is 0. The van der Waals surface area contributed by atoms with Crippen LogP contribution in [-0.4, -0.2) is 15.0 Å². The third kappa shape index (κ3) is 3.16. The summed E-state index contributed by atoms with van der Waals surface area (Å²) in [5.74, 6) is 3.68. The molecule has 0 saturated carbocycles. The van der Waals surface area contributed by atoms with Crippen molar-refractivity contribution in [3.63, 3.8) is 0 Å². The summed E-state index contributed by atoms with van der Waals surface area (Å²) in [6.45, 7) is 1.96. The van der Waals surface area contributed by atoms with E-state index in [1.165, 1.54) is 24.3 Å². The SMILES string of the molecule is C=S(=O)(Nc1ccc(C)cc1)c1ccc([N+](=O)[O-])cc1. The molecule has 0 heterocycles. The molecule has 0 aliphatic heterocycles. The number of benzene rings is 2. The van der Waals surface area contributed by atoms with Crippen molar-refractivity contribution in [1.82, 2.24) is 0 Å². The number of rotatable bonds is 4. The predicted octanol–water partition coefficient (Wildman–Crippen LogP) is 3.01. The van der Waals surface area contributed by atoms with Crippen molar-refractivity contribution in [2.45, 2.75) is 11.8 Å². The maximum Gasteiger partial charge on any atom is 0.269 e. The van der Waals surface area contributed by atoms with Gasteiger partial charge in [0.05, 0.1) is 14.6 Å². The molecule has 0 spiro atoms. The van der Waals surface area contributed by atoms with E-state index in [0.29, 0.717) is 10.6 Å². The maximum absolute atomic E-state index is 12.5. The van der Waals surface area contributed by atoms with Gasteiger partial charge in [-0.25, -0.2) is 4.21 Å². The molecule has 0 bridgehead atoms. The van der Waals surface area contributed by atoms with E-state index in [1.807, 2.05) is 31.2 Å². The average molecular weight is 290 g/mol. The van der Waals surface area contributed by atoms with Crippen LogP contribution in [0.5, 0.6) is 0 Å². The van der Waals surface area contributed by atoms with E-state index in [1.54, 1.807) is 0 Å². The van der Waals surface area contributed by atoms with E-state index in [0.717, 1.165) is 5.56 Å². The molecule has 0 fully saturated rings. The molecule has 0 aliphatic rings. The molecule has 6 heteroatoms. The van der Waals surface area contributed by atoms with Crippen molar-refractivity contribution in [3.8, 4) is 0 Å². The highest BCUT2D eigenvalue weighted by Crippen LogP contribution is 2.19. The van der Waals surface area contributed by atoms with Gasteiger partial charge in [-0.3, -0.25) is 10.1 Å². The van der Waals surface area contributed by atoms with Gasteiger partial charge in [-0.1, -0.05) is 17.7 Å². The first-order valence-corrected chi connectivity index (χ1v) is 7.57. The number of aryl methyl sites for hydroxylation is 1. The van der Waals surface area contributed by atoms with E-state index < -0.39 is 14.6 Å². The largest absolute Gasteiger partial charge is 0.309 e. The topological polar surface area (TPSA) is 72.2 Å². The number of nitrogens with zero attached hydrogens (tertiary/aromatic N) is 1. The third-order valence-corrected chi connectivity index (χ3v) is 4.36. The lowest BCUT2D eigenvalue weighted by atomic mass is 10.2. The Morgan fingerprint density at radius 3 is 2.15 bits per heavy atom. The van der Waals surface area contributed by atoms with E-state index in [4.69, 9.17) is 0 Å². The van der Waals surface area contributed by atoms with Crippen LogP contribution < -0.4 is 4.72 Å². The Balaban J connectivity index is 2.26. The number of nitro benzene ring substituents is 1. The van der Waals surface area contributed by atoms with E-state index in [-0.39, 0.29) is 5.69 Å². The van der Waals surface area contributed by atoms with Gasteiger partial charge in [0.2, 0.25) is 0 Å². The lowest BCUT2D eigenvalue weighted by molar-refractivity contribution is -0.384. The first-order chi connectivity index (χ1) is 9.38. The molecular weight excluding hydrogens is 276 g/mol. The number of anilines is 1. The zero-order valence-electron chi connectivity index (χ0n) is 10.9. The zero-order chi connectivity index (χ0) is 14.8. The van der Waals surface area contributed by atoms with Gasteiger partial charge in [-0.15, -0.1) is 0 Å². The van der Waals surface area contributed by atoms with Crippen molar-refractivity contribution in [3.05, 3.63) is 64.2 Å². The molecule has 1 unspecified atom stereocenters. The predicted molar refractivity (Wildman–Crippen MR) is 81.4 cm³/mol. The molecule has 0 saturated heterocycles. The quantitative estimate of drug-likeness (QED) is 0.534. The Bertz CT molecular complexity index is 720. The molecule has 2 aromatic carbocycles. The monoisotopic (exact) mass is 290 g/mol. The van der Waals surface area contributed by atoms with Crippen LogP contribution in [0.3, 0.4) is 0 Å². The van der Waals surface area contributed by atoms with Gasteiger partial charge < -0.3 is 4.72 Å². The summed E-state index contributed by atoms with van der Waals surface area (Å²) in [5.41, 5.74) is 1.75. The molecule has 5 nitrogen and oxygen atoms in total. The molecule has 0 aromatic heterocycles. The van der Waals surface area contributed by atoms with Crippen molar-refractivity contribution in [2.75, 3.05) is 4.72 Å². The summed E-state index contributed by atoms with van der Waals surface area (Å²) in [6, 6.07) is 13.0. The third-order valence-electron chi connectivity index (χ3n) is 2.76. The van der Waals surface area contributed by atoms with Crippen LogP contribution in [0.15, 0.2) is 53.4 Å². The van der Waals surface area contributed by atoms with E-state index in [2.05, 4.69) is 10.6 Å². The van der Waals surface area contributed by atoms with E-state index in [9.17, 15) is 14.3 Å². The van der Waals surface area contributed by atoms with Gasteiger partial charge in [0.25, 0.3) is 5.69 Å². The maximum atomic E-state index is 12.5. The van der Waals surface area contributed by atoms with Gasteiger partial charge >= 0.3 is 0 Å². The van der Waals surface area contributed by atoms with Crippen LogP contribution in [0.4, 0.5) is 11.4 Å². The molecule has 0 amide bonds. The highest BCUT2D eigenvalue weighted by molar-refractivity contribution is 8.01. The number of hydrogen-bond acceptors (Lipinski definition) is 3. The molecule has 2 aromatic rings. The Hall–Kier alpha value is -2.34. The summed E-state index contributed by atoms with van der Waals surface area (Å²) in [5, 5.41) is 10.6. The first kappa shape index (κ1) is 14.1. The second kappa shape index (κ2) is 5.34. The molecule has 1 atom stereocenters.